The summed E-state index contributed by atoms with van der Waals surface area (Å²) in [6.45, 7) is 0. The number of nitrogens with zero attached hydrogens (tertiary/aromatic N) is 2. The molecule has 0 aliphatic carbocycles. The number of thiophene rings is 1. The number of hydrogen-bond donors (Lipinski definition) is 2. The molecule has 3 heterocycles. The minimum absolute atomic E-state index is 0.197. The number of carbonyl (C=O) groups is 1. The molecule has 1 amide bonds. The molecule has 32 heavy (non-hydrogen) atoms. The van der Waals surface area contributed by atoms with Crippen molar-refractivity contribution in [3.05, 3.63) is 65.8 Å². The minimum Gasteiger partial charge on any atom is -0.495 e. The quantitative estimate of drug-likeness (QED) is 0.401. The zero-order valence-electron chi connectivity index (χ0n) is 17.5. The van der Waals surface area contributed by atoms with Gasteiger partial charge in [-0.15, -0.1) is 15.8 Å². The van der Waals surface area contributed by atoms with Crippen molar-refractivity contribution in [1.82, 2.24) is 9.55 Å². The summed E-state index contributed by atoms with van der Waals surface area (Å²) in [4.78, 5) is 17.3. The van der Waals surface area contributed by atoms with E-state index in [4.69, 9.17) is 10.5 Å². The molecular weight excluding hydrogens is 435 g/mol. The Morgan fingerprint density at radius 3 is 2.81 bits per heavy atom. The van der Waals surface area contributed by atoms with Crippen LogP contribution in [0.5, 0.6) is 5.75 Å². The third-order valence-electron chi connectivity index (χ3n) is 5.60. The van der Waals surface area contributed by atoms with Crippen molar-refractivity contribution < 1.29 is 9.53 Å². The standard InChI is InChI=1S/C24H19N4O2S.Al/c1-28-18-6-4-3-5-15(18)11-19(28)24(29)27-17-8-7-14(12-20(17)30-2)16-13-31-21-9-10-26-23(25)22(16)21;/h3-8,10-13H,1-2H3,(H2,25,26)(H,27,29);. The first-order valence-electron chi connectivity index (χ1n) is 9.93. The Kier molecular flexibility index (Phi) is 5.14. The first-order chi connectivity index (χ1) is 15.5. The number of nitrogens with two attached hydrogens (primary N) is 1. The number of aryl methyl sites for hydroxylation is 1. The lowest BCUT2D eigenvalue weighted by Crippen LogP contribution is -2.16. The van der Waals surface area contributed by atoms with Crippen LogP contribution >= 0.6 is 11.3 Å². The summed E-state index contributed by atoms with van der Waals surface area (Å²) in [5.41, 5.74) is 10.3. The topological polar surface area (TPSA) is 82.2 Å². The Balaban J connectivity index is 1.51. The Morgan fingerprint density at radius 1 is 1.22 bits per heavy atom. The highest BCUT2D eigenvalue weighted by Crippen LogP contribution is 2.38. The fraction of sp³-hybridized carbons (Fsp3) is 0.0833. The fourth-order valence-electron chi connectivity index (χ4n) is 3.95. The van der Waals surface area contributed by atoms with E-state index in [2.05, 4.69) is 32.0 Å². The van der Waals surface area contributed by atoms with E-state index in [1.54, 1.807) is 24.6 Å². The van der Waals surface area contributed by atoms with Gasteiger partial charge >= 0.3 is 0 Å². The second kappa shape index (κ2) is 7.99. The molecule has 0 saturated carbocycles. The number of nitrogens with one attached hydrogen (secondary N) is 1. The monoisotopic (exact) mass is 454 g/mol. The molecule has 8 heteroatoms. The van der Waals surface area contributed by atoms with Gasteiger partial charge in [0.15, 0.2) is 16.3 Å². The highest BCUT2D eigenvalue weighted by molar-refractivity contribution is 7.19. The van der Waals surface area contributed by atoms with Crippen molar-refractivity contribution in [2.45, 2.75) is 0 Å². The van der Waals surface area contributed by atoms with E-state index in [0.717, 1.165) is 36.5 Å². The first kappa shape index (κ1) is 20.6. The van der Waals surface area contributed by atoms with Gasteiger partial charge < -0.3 is 20.4 Å². The van der Waals surface area contributed by atoms with Crippen LogP contribution in [-0.4, -0.2) is 38.9 Å². The summed E-state index contributed by atoms with van der Waals surface area (Å²) in [5, 5.41) is 7.00. The van der Waals surface area contributed by atoms with Gasteiger partial charge in [0, 0.05) is 39.8 Å². The summed E-state index contributed by atoms with van der Waals surface area (Å²) < 4.78 is 9.59. The number of methoxy groups -OCH3 is 1. The zero-order chi connectivity index (χ0) is 22.4. The number of fused-ring (bicyclic) bond motifs is 2. The molecule has 3 N–H and O–H groups in total. The van der Waals surface area contributed by atoms with Gasteiger partial charge in [0.2, 0.25) is 0 Å². The highest BCUT2D eigenvalue weighted by Gasteiger charge is 2.17. The third kappa shape index (κ3) is 3.33. The molecule has 0 spiro atoms. The van der Waals surface area contributed by atoms with Crippen molar-refractivity contribution in [3.8, 4) is 16.9 Å². The molecule has 2 aromatic carbocycles. The van der Waals surface area contributed by atoms with Crippen molar-refractivity contribution in [2.24, 2.45) is 7.05 Å². The van der Waals surface area contributed by atoms with E-state index in [1.165, 1.54) is 0 Å². The number of rotatable bonds is 4. The lowest BCUT2D eigenvalue weighted by molar-refractivity contribution is 0.101. The SMILES string of the molecule is COc1cc(-c2csc3[c]([Al])cnc(N)c23)ccc1NC(=O)c1cc2ccccc2n1C. The molecule has 0 aliphatic heterocycles. The largest absolute Gasteiger partial charge is 0.495 e. The van der Waals surface area contributed by atoms with Gasteiger partial charge in [-0.05, 0) is 35.2 Å². The molecule has 5 rings (SSSR count). The van der Waals surface area contributed by atoms with Crippen molar-refractivity contribution >= 4 is 70.5 Å². The first-order valence-corrected chi connectivity index (χ1v) is 11.4. The van der Waals surface area contributed by atoms with E-state index in [1.807, 2.05) is 60.1 Å². The summed E-state index contributed by atoms with van der Waals surface area (Å²) in [7, 11) is 3.48. The van der Waals surface area contributed by atoms with Gasteiger partial charge in [0.25, 0.3) is 5.91 Å². The van der Waals surface area contributed by atoms with Crippen LogP contribution in [0.2, 0.25) is 0 Å². The summed E-state index contributed by atoms with van der Waals surface area (Å²) in [6.07, 6.45) is 1.76. The maximum Gasteiger partial charge on any atom is 0.272 e. The molecule has 2 radical (unpaired) electrons. The van der Waals surface area contributed by atoms with E-state index in [0.29, 0.717) is 22.9 Å². The number of para-hydroxylation sites is 1. The van der Waals surface area contributed by atoms with Crippen molar-refractivity contribution in [1.29, 1.82) is 0 Å². The lowest BCUT2D eigenvalue weighted by Gasteiger charge is -2.13. The number of anilines is 2. The van der Waals surface area contributed by atoms with E-state index < -0.39 is 0 Å². The Labute approximate surface area is 197 Å². The predicted octanol–water partition coefficient (Wildman–Crippen LogP) is 4.09. The average Bonchev–Trinajstić information content (AvgIpc) is 3.40. The number of pyridine rings is 1. The Bertz CT molecular complexity index is 1510. The molecule has 0 saturated heterocycles. The number of aromatic nitrogens is 2. The maximum atomic E-state index is 13.0. The number of amides is 1. The van der Waals surface area contributed by atoms with Crippen LogP contribution in [0.1, 0.15) is 10.5 Å². The third-order valence-corrected chi connectivity index (χ3v) is 7.27. The Hall–Kier alpha value is -3.31. The molecule has 3 aromatic heterocycles. The van der Waals surface area contributed by atoms with Crippen LogP contribution < -0.4 is 20.2 Å². The normalized spacial score (nSPS) is 11.2. The second-order valence-electron chi connectivity index (χ2n) is 7.47. The molecular formula is C24H19AlN4O2S. The highest BCUT2D eigenvalue weighted by atomic mass is 32.1. The molecule has 0 aliphatic rings. The number of nitrogen functional groups attached to an aromatic ring is 1. The van der Waals surface area contributed by atoms with Crippen molar-refractivity contribution in [3.63, 3.8) is 0 Å². The molecule has 0 fully saturated rings. The number of ether oxygens (including phenoxy) is 1. The molecule has 0 bridgehead atoms. The van der Waals surface area contributed by atoms with E-state index in [-0.39, 0.29) is 5.91 Å². The summed E-state index contributed by atoms with van der Waals surface area (Å²) in [6, 6.07) is 15.5. The van der Waals surface area contributed by atoms with Crippen molar-refractivity contribution in [2.75, 3.05) is 18.2 Å². The van der Waals surface area contributed by atoms with Crippen LogP contribution in [-0.2, 0) is 7.05 Å². The van der Waals surface area contributed by atoms with Crippen LogP contribution in [0, 0.1) is 0 Å². The fourth-order valence-corrected chi connectivity index (χ4v) is 5.39. The van der Waals surface area contributed by atoms with Gasteiger partial charge in [-0.3, -0.25) is 4.79 Å². The minimum atomic E-state index is -0.197. The van der Waals surface area contributed by atoms with Crippen LogP contribution in [0.3, 0.4) is 0 Å². The molecule has 0 atom stereocenters. The van der Waals surface area contributed by atoms with Crippen LogP contribution in [0.15, 0.2) is 60.1 Å². The smallest absolute Gasteiger partial charge is 0.272 e. The lowest BCUT2D eigenvalue weighted by atomic mass is 10.0. The number of hydrogen-bond acceptors (Lipinski definition) is 5. The summed E-state index contributed by atoms with van der Waals surface area (Å²) in [5.74, 6) is 0.869. The van der Waals surface area contributed by atoms with Gasteiger partial charge in [0.1, 0.15) is 17.3 Å². The molecule has 0 unspecified atom stereocenters. The number of carbonyl (C=O) groups excluding carboxylic acids is 1. The van der Waals surface area contributed by atoms with Gasteiger partial charge in [-0.1, -0.05) is 24.3 Å². The molecule has 6 nitrogen and oxygen atoms in total. The number of benzene rings is 2. The predicted molar refractivity (Wildman–Crippen MR) is 132 cm³/mol. The molecule has 156 valence electrons. The van der Waals surface area contributed by atoms with Gasteiger partial charge in [0.05, 0.1) is 12.8 Å². The van der Waals surface area contributed by atoms with Gasteiger partial charge in [-0.2, -0.15) is 0 Å². The Morgan fingerprint density at radius 2 is 2.03 bits per heavy atom. The molecule has 5 aromatic rings. The maximum absolute atomic E-state index is 13.0. The van der Waals surface area contributed by atoms with Crippen LogP contribution in [0.25, 0.3) is 32.1 Å². The van der Waals surface area contributed by atoms with Crippen LogP contribution in [0.4, 0.5) is 11.5 Å². The summed E-state index contributed by atoms with van der Waals surface area (Å²) >= 11 is 4.33. The zero-order valence-corrected chi connectivity index (χ0v) is 19.5. The average molecular weight is 454 g/mol. The van der Waals surface area contributed by atoms with E-state index in [9.17, 15) is 4.79 Å². The second-order valence-corrected chi connectivity index (χ2v) is 8.97. The van der Waals surface area contributed by atoms with Gasteiger partial charge in [-0.25, -0.2) is 4.98 Å². The van der Waals surface area contributed by atoms with E-state index >= 15 is 0 Å².